The summed E-state index contributed by atoms with van der Waals surface area (Å²) in [6, 6.07) is 17.5. The first-order valence-electron chi connectivity index (χ1n) is 11.5. The lowest BCUT2D eigenvalue weighted by Crippen LogP contribution is -2.53. The summed E-state index contributed by atoms with van der Waals surface area (Å²) in [6.45, 7) is 1.82. The summed E-state index contributed by atoms with van der Waals surface area (Å²) in [5, 5.41) is 7.03. The molecular weight excluding hydrogens is 469 g/mol. The Morgan fingerprint density at radius 2 is 1.66 bits per heavy atom. The molecule has 4 rings (SSSR count). The van der Waals surface area contributed by atoms with Gasteiger partial charge >= 0.3 is 0 Å². The maximum atomic E-state index is 14.1. The summed E-state index contributed by atoms with van der Waals surface area (Å²) in [6.07, 6.45) is 0.886. The molecule has 7 nitrogen and oxygen atoms in total. The highest BCUT2D eigenvalue weighted by Crippen LogP contribution is 2.27. The van der Waals surface area contributed by atoms with Crippen LogP contribution in [0.2, 0.25) is 0 Å². The van der Waals surface area contributed by atoms with E-state index in [1.807, 2.05) is 24.3 Å². The number of hydrogen-bond donors (Lipinski definition) is 2. The maximum absolute atomic E-state index is 14.1. The van der Waals surface area contributed by atoms with Crippen LogP contribution in [-0.2, 0) is 26.0 Å². The highest BCUT2D eigenvalue weighted by molar-refractivity contribution is 7.89. The second-order valence-corrected chi connectivity index (χ2v) is 10.6. The lowest BCUT2D eigenvalue weighted by Gasteiger charge is -2.32. The first-order valence-corrected chi connectivity index (χ1v) is 13.0. The average Bonchev–Trinajstić information content (AvgIpc) is 2.84. The van der Waals surface area contributed by atoms with Crippen LogP contribution < -0.4 is 10.6 Å². The third kappa shape index (κ3) is 5.68. The minimum Gasteiger partial charge on any atom is -0.351 e. The predicted molar refractivity (Wildman–Crippen MR) is 132 cm³/mol. The van der Waals surface area contributed by atoms with Crippen molar-refractivity contribution in [1.29, 1.82) is 0 Å². The summed E-state index contributed by atoms with van der Waals surface area (Å²) in [5.41, 5.74) is 0.331. The minimum absolute atomic E-state index is 0.0202. The van der Waals surface area contributed by atoms with E-state index in [4.69, 9.17) is 0 Å². The fourth-order valence-corrected chi connectivity index (χ4v) is 6.12. The summed E-state index contributed by atoms with van der Waals surface area (Å²) >= 11 is 0. The number of fused-ring (bicyclic) bond motifs is 1. The van der Waals surface area contributed by atoms with Gasteiger partial charge in [-0.25, -0.2) is 12.8 Å². The second-order valence-electron chi connectivity index (χ2n) is 8.71. The van der Waals surface area contributed by atoms with Crippen LogP contribution in [0.4, 0.5) is 4.39 Å². The van der Waals surface area contributed by atoms with E-state index in [2.05, 4.69) is 10.6 Å². The van der Waals surface area contributed by atoms with Crippen LogP contribution >= 0.6 is 0 Å². The smallest absolute Gasteiger partial charge is 0.243 e. The molecule has 9 heteroatoms. The molecule has 0 aliphatic carbocycles. The molecule has 1 heterocycles. The van der Waals surface area contributed by atoms with Gasteiger partial charge in [0.1, 0.15) is 11.9 Å². The SMILES string of the molecule is CC(=O)N[C@@H](Cc1ccccc1F)C(=O)NC1CCN(S(=O)(=O)c2cccc3ccccc23)CC1. The lowest BCUT2D eigenvalue weighted by molar-refractivity contribution is -0.128. The van der Waals surface area contributed by atoms with Crippen molar-refractivity contribution in [2.45, 2.75) is 43.2 Å². The molecule has 0 radical (unpaired) electrons. The van der Waals surface area contributed by atoms with E-state index in [1.54, 1.807) is 36.4 Å². The number of hydrogen-bond acceptors (Lipinski definition) is 4. The van der Waals surface area contributed by atoms with Gasteiger partial charge in [-0.15, -0.1) is 0 Å². The number of sulfonamides is 1. The van der Waals surface area contributed by atoms with Gasteiger partial charge in [0.15, 0.2) is 0 Å². The summed E-state index contributed by atoms with van der Waals surface area (Å²) in [7, 11) is -3.70. The van der Waals surface area contributed by atoms with Crippen LogP contribution in [0.15, 0.2) is 71.6 Å². The van der Waals surface area contributed by atoms with Gasteiger partial charge < -0.3 is 10.6 Å². The van der Waals surface area contributed by atoms with Crippen molar-refractivity contribution in [3.05, 3.63) is 78.1 Å². The third-order valence-electron chi connectivity index (χ3n) is 6.24. The molecule has 3 aromatic carbocycles. The molecule has 184 valence electrons. The first-order chi connectivity index (χ1) is 16.8. The van der Waals surface area contributed by atoms with E-state index in [1.165, 1.54) is 17.3 Å². The zero-order chi connectivity index (χ0) is 25.0. The molecule has 1 aliphatic rings. The Labute approximate surface area is 204 Å². The number of piperidine rings is 1. The topological polar surface area (TPSA) is 95.6 Å². The zero-order valence-electron chi connectivity index (χ0n) is 19.4. The van der Waals surface area contributed by atoms with Gasteiger partial charge in [-0.05, 0) is 35.9 Å². The summed E-state index contributed by atoms with van der Waals surface area (Å²) < 4.78 is 42.2. The molecule has 0 spiro atoms. The van der Waals surface area contributed by atoms with Crippen molar-refractivity contribution >= 4 is 32.6 Å². The molecule has 2 N–H and O–H groups in total. The highest BCUT2D eigenvalue weighted by Gasteiger charge is 2.32. The Hall–Kier alpha value is -3.30. The lowest BCUT2D eigenvalue weighted by atomic mass is 10.0. The van der Waals surface area contributed by atoms with E-state index in [-0.39, 0.29) is 30.4 Å². The molecule has 1 saturated heterocycles. The van der Waals surface area contributed by atoms with Crippen molar-refractivity contribution in [1.82, 2.24) is 14.9 Å². The molecule has 0 bridgehead atoms. The number of carbonyl (C=O) groups excluding carboxylic acids is 2. The largest absolute Gasteiger partial charge is 0.351 e. The molecule has 1 fully saturated rings. The van der Waals surface area contributed by atoms with Gasteiger partial charge in [0.2, 0.25) is 21.8 Å². The van der Waals surface area contributed by atoms with Crippen LogP contribution in [0.1, 0.15) is 25.3 Å². The van der Waals surface area contributed by atoms with Crippen molar-refractivity contribution < 1.29 is 22.4 Å². The van der Waals surface area contributed by atoms with Gasteiger partial charge in [0.25, 0.3) is 0 Å². The monoisotopic (exact) mass is 497 g/mol. The van der Waals surface area contributed by atoms with Gasteiger partial charge in [-0.1, -0.05) is 54.6 Å². The number of rotatable bonds is 7. The number of nitrogens with one attached hydrogen (secondary N) is 2. The van der Waals surface area contributed by atoms with Gasteiger partial charge in [-0.3, -0.25) is 9.59 Å². The van der Waals surface area contributed by atoms with E-state index >= 15 is 0 Å². The van der Waals surface area contributed by atoms with E-state index in [9.17, 15) is 22.4 Å². The first kappa shape index (κ1) is 24.8. The quantitative estimate of drug-likeness (QED) is 0.525. The van der Waals surface area contributed by atoms with Crippen molar-refractivity contribution in [2.75, 3.05) is 13.1 Å². The molecule has 1 atom stereocenters. The molecule has 35 heavy (non-hydrogen) atoms. The molecule has 0 saturated carbocycles. The fourth-order valence-electron chi connectivity index (χ4n) is 4.44. The van der Waals surface area contributed by atoms with Crippen molar-refractivity contribution in [2.24, 2.45) is 0 Å². The fraction of sp³-hybridized carbons (Fsp3) is 0.308. The molecule has 1 aliphatic heterocycles. The highest BCUT2D eigenvalue weighted by atomic mass is 32.2. The molecule has 0 unspecified atom stereocenters. The normalized spacial score (nSPS) is 16.1. The van der Waals surface area contributed by atoms with Gasteiger partial charge in [0.05, 0.1) is 4.90 Å². The third-order valence-corrected chi connectivity index (χ3v) is 8.20. The Bertz CT molecular complexity index is 1330. The minimum atomic E-state index is -3.70. The predicted octanol–water partition coefficient (Wildman–Crippen LogP) is 3.00. The Morgan fingerprint density at radius 3 is 2.37 bits per heavy atom. The average molecular weight is 498 g/mol. The number of amides is 2. The van der Waals surface area contributed by atoms with Crippen LogP contribution in [0.25, 0.3) is 10.8 Å². The van der Waals surface area contributed by atoms with Crippen LogP contribution in [0, 0.1) is 5.82 Å². The Kier molecular flexibility index (Phi) is 7.47. The number of nitrogens with zero attached hydrogens (tertiary/aromatic N) is 1. The number of benzene rings is 3. The number of halogens is 1. The summed E-state index contributed by atoms with van der Waals surface area (Å²) in [4.78, 5) is 24.8. The van der Waals surface area contributed by atoms with Crippen LogP contribution in [0.3, 0.4) is 0 Å². The molecule has 0 aromatic heterocycles. The zero-order valence-corrected chi connectivity index (χ0v) is 20.2. The molecule has 2 amide bonds. The molecular formula is C26H28FN3O4S. The second kappa shape index (κ2) is 10.5. The van der Waals surface area contributed by atoms with Crippen LogP contribution in [0.5, 0.6) is 0 Å². The maximum Gasteiger partial charge on any atom is 0.243 e. The van der Waals surface area contributed by atoms with E-state index in [0.29, 0.717) is 23.8 Å². The Balaban J connectivity index is 1.41. The Morgan fingerprint density at radius 1 is 1.00 bits per heavy atom. The standard InChI is InChI=1S/C26H28FN3O4S/c1-18(31)28-24(17-20-8-3-5-11-23(20)27)26(32)29-21-13-15-30(16-14-21)35(33,34)25-12-6-9-19-7-2-4-10-22(19)25/h2-12,21,24H,13-17H2,1H3,(H,28,31)(H,29,32)/t24-/m0/s1. The summed E-state index contributed by atoms with van der Waals surface area (Å²) in [5.74, 6) is -1.25. The van der Waals surface area contributed by atoms with E-state index < -0.39 is 33.7 Å². The number of carbonyl (C=O) groups is 2. The van der Waals surface area contributed by atoms with Crippen molar-refractivity contribution in [3.63, 3.8) is 0 Å². The van der Waals surface area contributed by atoms with Crippen LogP contribution in [-0.4, -0.2) is 49.7 Å². The van der Waals surface area contributed by atoms with Gasteiger partial charge in [-0.2, -0.15) is 4.31 Å². The van der Waals surface area contributed by atoms with E-state index in [0.717, 1.165) is 5.39 Å². The van der Waals surface area contributed by atoms with Crippen molar-refractivity contribution in [3.8, 4) is 0 Å². The molecule has 3 aromatic rings. The van der Waals surface area contributed by atoms with Gasteiger partial charge in [0, 0.05) is 37.9 Å².